The summed E-state index contributed by atoms with van der Waals surface area (Å²) in [5.74, 6) is 0.739. The van der Waals surface area contributed by atoms with Crippen molar-refractivity contribution in [3.8, 4) is 0 Å². The van der Waals surface area contributed by atoms with Crippen LogP contribution in [0.2, 0.25) is 0 Å². The molecule has 0 aliphatic carbocycles. The van der Waals surface area contributed by atoms with Gasteiger partial charge in [0.25, 0.3) is 11.8 Å². The quantitative estimate of drug-likeness (QED) is 0.342. The van der Waals surface area contributed by atoms with Gasteiger partial charge >= 0.3 is 6.03 Å². The lowest BCUT2D eigenvalue weighted by molar-refractivity contribution is -0.125. The minimum atomic E-state index is -1.56. The van der Waals surface area contributed by atoms with Crippen LogP contribution >= 0.6 is 11.3 Å². The Morgan fingerprint density at radius 1 is 1.30 bits per heavy atom. The number of hydrogen-bond donors (Lipinski definition) is 2. The number of carbonyl (C=O) groups excluding carboxylic acids is 3. The first-order valence-electron chi connectivity index (χ1n) is 12.4. The first-order chi connectivity index (χ1) is 17.7. The Hall–Kier alpha value is -3.44. The number of piperidine rings is 1. The highest BCUT2D eigenvalue weighted by Crippen LogP contribution is 2.36. The van der Waals surface area contributed by atoms with E-state index in [-0.39, 0.29) is 18.2 Å². The van der Waals surface area contributed by atoms with Gasteiger partial charge in [-0.1, -0.05) is 6.58 Å². The predicted molar refractivity (Wildman–Crippen MR) is 142 cm³/mol. The van der Waals surface area contributed by atoms with E-state index in [0.717, 1.165) is 37.3 Å². The molecule has 2 aromatic heterocycles. The Balaban J connectivity index is 1.44. The van der Waals surface area contributed by atoms with Crippen molar-refractivity contribution in [2.75, 3.05) is 40.3 Å². The van der Waals surface area contributed by atoms with Crippen LogP contribution in [0.3, 0.4) is 0 Å². The van der Waals surface area contributed by atoms with Crippen LogP contribution in [-0.4, -0.2) is 84.7 Å². The zero-order valence-corrected chi connectivity index (χ0v) is 22.2. The summed E-state index contributed by atoms with van der Waals surface area (Å²) in [5.41, 5.74) is -0.0321. The maximum absolute atomic E-state index is 13.2. The number of hydrogen-bond acceptors (Lipinski definition) is 7. The molecule has 2 N–H and O–H groups in total. The number of nitrogens with zero attached hydrogens (tertiary/aromatic N) is 4. The Morgan fingerprint density at radius 3 is 2.70 bits per heavy atom. The SMILES string of the molecule is C=Cc1oc(C2(CN3CCc4ccsc4C3=O)NC(=O)NC2=O)cc1N=C(C)N1CCC(N(C)C)CC1. The topological polar surface area (TPSA) is 110 Å². The molecule has 10 nitrogen and oxygen atoms in total. The van der Waals surface area contributed by atoms with Gasteiger partial charge in [0.05, 0.1) is 11.4 Å². The number of amidine groups is 1. The second-order valence-corrected chi connectivity index (χ2v) is 10.9. The van der Waals surface area contributed by atoms with Crippen molar-refractivity contribution in [2.45, 2.75) is 37.8 Å². The van der Waals surface area contributed by atoms with E-state index in [1.54, 1.807) is 17.0 Å². The summed E-state index contributed by atoms with van der Waals surface area (Å²) >= 11 is 1.38. The van der Waals surface area contributed by atoms with Crippen molar-refractivity contribution in [3.63, 3.8) is 0 Å². The smallest absolute Gasteiger partial charge is 0.322 e. The molecule has 1 unspecified atom stereocenters. The maximum atomic E-state index is 13.2. The molecule has 0 radical (unpaired) electrons. The fourth-order valence-electron chi connectivity index (χ4n) is 5.30. The predicted octanol–water partition coefficient (Wildman–Crippen LogP) is 2.79. The molecule has 0 spiro atoms. The molecule has 0 saturated carbocycles. The number of thiophene rings is 1. The molecule has 11 heteroatoms. The van der Waals surface area contributed by atoms with Crippen LogP contribution in [0.5, 0.6) is 0 Å². The molecule has 5 heterocycles. The van der Waals surface area contributed by atoms with E-state index in [2.05, 4.69) is 41.1 Å². The van der Waals surface area contributed by atoms with Crippen LogP contribution in [0.1, 0.15) is 46.5 Å². The highest BCUT2D eigenvalue weighted by molar-refractivity contribution is 7.12. The molecule has 4 amide bonds. The van der Waals surface area contributed by atoms with Crippen LogP contribution in [0.25, 0.3) is 6.08 Å². The normalized spacial score (nSPS) is 22.9. The number of carbonyl (C=O) groups is 3. The summed E-state index contributed by atoms with van der Waals surface area (Å²) in [5, 5.41) is 6.95. The minimum Gasteiger partial charge on any atom is -0.456 e. The number of aliphatic imine (C=N–C) groups is 1. The lowest BCUT2D eigenvalue weighted by atomic mass is 9.94. The van der Waals surface area contributed by atoms with Crippen molar-refractivity contribution >= 4 is 46.8 Å². The van der Waals surface area contributed by atoms with Gasteiger partial charge in [-0.3, -0.25) is 14.9 Å². The van der Waals surface area contributed by atoms with Crippen molar-refractivity contribution in [2.24, 2.45) is 4.99 Å². The van der Waals surface area contributed by atoms with Gasteiger partial charge in [0, 0.05) is 31.7 Å². The highest BCUT2D eigenvalue weighted by Gasteiger charge is 2.53. The summed E-state index contributed by atoms with van der Waals surface area (Å²) in [6.45, 7) is 8.00. The Morgan fingerprint density at radius 2 is 2.05 bits per heavy atom. The first kappa shape index (κ1) is 25.2. The van der Waals surface area contributed by atoms with Gasteiger partial charge < -0.3 is 24.4 Å². The van der Waals surface area contributed by atoms with Crippen molar-refractivity contribution in [1.82, 2.24) is 25.3 Å². The van der Waals surface area contributed by atoms with E-state index in [4.69, 9.17) is 9.41 Å². The van der Waals surface area contributed by atoms with Gasteiger partial charge in [-0.25, -0.2) is 9.79 Å². The summed E-state index contributed by atoms with van der Waals surface area (Å²) in [6.07, 6.45) is 4.33. The molecular formula is C26H32N6O4S. The van der Waals surface area contributed by atoms with Gasteiger partial charge in [0.1, 0.15) is 17.3 Å². The average molecular weight is 525 g/mol. The number of amides is 4. The zero-order valence-electron chi connectivity index (χ0n) is 21.4. The van der Waals surface area contributed by atoms with Crippen LogP contribution in [0, 0.1) is 0 Å². The zero-order chi connectivity index (χ0) is 26.3. The fraction of sp³-hybridized carbons (Fsp3) is 0.462. The maximum Gasteiger partial charge on any atom is 0.322 e. The third-order valence-corrected chi connectivity index (χ3v) is 8.47. The number of furan rings is 1. The minimum absolute atomic E-state index is 0.0506. The van der Waals surface area contributed by atoms with Gasteiger partial charge in [-0.15, -0.1) is 11.3 Å². The first-order valence-corrected chi connectivity index (χ1v) is 13.3. The van der Waals surface area contributed by atoms with Crippen LogP contribution in [0.4, 0.5) is 10.5 Å². The highest BCUT2D eigenvalue weighted by atomic mass is 32.1. The van der Waals surface area contributed by atoms with Gasteiger partial charge in [0.15, 0.2) is 11.3 Å². The van der Waals surface area contributed by atoms with Crippen LogP contribution < -0.4 is 10.6 Å². The molecule has 0 aromatic carbocycles. The van der Waals surface area contributed by atoms with Gasteiger partial charge in [-0.05, 0) is 63.4 Å². The number of imide groups is 1. The number of urea groups is 1. The van der Waals surface area contributed by atoms with E-state index in [0.29, 0.717) is 35.3 Å². The number of nitrogens with one attached hydrogen (secondary N) is 2. The fourth-order valence-corrected chi connectivity index (χ4v) is 6.22. The monoisotopic (exact) mass is 524 g/mol. The third kappa shape index (κ3) is 4.57. The summed E-state index contributed by atoms with van der Waals surface area (Å²) < 4.78 is 6.08. The van der Waals surface area contributed by atoms with Crippen molar-refractivity contribution in [1.29, 1.82) is 0 Å². The molecular weight excluding hydrogens is 492 g/mol. The van der Waals surface area contributed by atoms with Crippen molar-refractivity contribution in [3.05, 3.63) is 46.1 Å². The number of rotatable bonds is 6. The Labute approximate surface area is 220 Å². The molecule has 1 atom stereocenters. The van der Waals surface area contributed by atoms with Gasteiger partial charge in [-0.2, -0.15) is 0 Å². The molecule has 2 saturated heterocycles. The average Bonchev–Trinajstić information content (AvgIpc) is 3.59. The number of fused-ring (bicyclic) bond motifs is 1. The summed E-state index contributed by atoms with van der Waals surface area (Å²) in [6, 6.07) is 3.55. The van der Waals surface area contributed by atoms with Crippen molar-refractivity contribution < 1.29 is 18.8 Å². The van der Waals surface area contributed by atoms with E-state index < -0.39 is 17.5 Å². The lowest BCUT2D eigenvalue weighted by Gasteiger charge is -2.36. The molecule has 37 heavy (non-hydrogen) atoms. The second-order valence-electron chi connectivity index (χ2n) is 9.97. The molecule has 5 rings (SSSR count). The van der Waals surface area contributed by atoms with E-state index in [1.165, 1.54) is 11.3 Å². The van der Waals surface area contributed by atoms with Crippen LogP contribution in [-0.2, 0) is 16.8 Å². The van der Waals surface area contributed by atoms with Gasteiger partial charge in [0.2, 0.25) is 0 Å². The third-order valence-electron chi connectivity index (χ3n) is 7.53. The summed E-state index contributed by atoms with van der Waals surface area (Å²) in [7, 11) is 4.21. The Kier molecular flexibility index (Phi) is 6.67. The second kappa shape index (κ2) is 9.79. The molecule has 2 aromatic rings. The van der Waals surface area contributed by atoms with Crippen LogP contribution in [0.15, 0.2) is 33.5 Å². The molecule has 2 fully saturated rings. The lowest BCUT2D eigenvalue weighted by Crippen LogP contribution is -2.54. The largest absolute Gasteiger partial charge is 0.456 e. The van der Waals surface area contributed by atoms with E-state index in [1.807, 2.05) is 18.4 Å². The molecule has 196 valence electrons. The van der Waals surface area contributed by atoms with E-state index in [9.17, 15) is 14.4 Å². The Bertz CT molecular complexity index is 1270. The molecule has 3 aliphatic heterocycles. The van der Waals surface area contributed by atoms with E-state index >= 15 is 0 Å². The summed E-state index contributed by atoms with van der Waals surface area (Å²) in [4.78, 5) is 50.2. The number of likely N-dealkylation sites (tertiary alicyclic amines) is 1. The molecule has 0 bridgehead atoms. The standard InChI is InChI=1S/C26H32N6O4S/c1-5-20-19(27-16(2)31-11-7-18(8-12-31)30(3)4)14-21(36-20)26(24(34)28-25(35)29-26)15-32-10-6-17-9-13-37-22(17)23(32)33/h5,9,13-14,18H,1,6-8,10-12,15H2,2-4H3,(H2,28,29,34,35). The molecule has 3 aliphatic rings.